The van der Waals surface area contributed by atoms with Crippen LogP contribution < -0.4 is 20.3 Å². The van der Waals surface area contributed by atoms with Gasteiger partial charge in [-0.15, -0.1) is 0 Å². The van der Waals surface area contributed by atoms with Crippen LogP contribution >= 0.6 is 0 Å². The van der Waals surface area contributed by atoms with E-state index in [0.717, 1.165) is 24.0 Å². The molecular formula is C28H39N3O5. The zero-order valence-electron chi connectivity index (χ0n) is 21.7. The lowest BCUT2D eigenvalue weighted by atomic mass is 9.83. The van der Waals surface area contributed by atoms with E-state index in [2.05, 4.69) is 17.8 Å². The predicted molar refractivity (Wildman–Crippen MR) is 138 cm³/mol. The summed E-state index contributed by atoms with van der Waals surface area (Å²) in [6.45, 7) is 10.3. The lowest BCUT2D eigenvalue weighted by Crippen LogP contribution is -2.41. The topological polar surface area (TPSA) is 92.3 Å². The number of nitrogens with zero attached hydrogens (tertiary/aromatic N) is 1. The van der Waals surface area contributed by atoms with Crippen LogP contribution in [0.2, 0.25) is 0 Å². The second-order valence-electron chi connectivity index (χ2n) is 9.62. The van der Waals surface area contributed by atoms with Gasteiger partial charge in [0.05, 0.1) is 31.4 Å². The number of carbonyl (C=O) groups is 1. The summed E-state index contributed by atoms with van der Waals surface area (Å²) in [5.41, 5.74) is 8.27. The third kappa shape index (κ3) is 5.45. The van der Waals surface area contributed by atoms with Gasteiger partial charge >= 0.3 is 0 Å². The van der Waals surface area contributed by atoms with E-state index in [0.29, 0.717) is 37.9 Å². The number of hydrazine groups is 1. The number of amides is 1. The van der Waals surface area contributed by atoms with Gasteiger partial charge in [0.15, 0.2) is 11.5 Å². The van der Waals surface area contributed by atoms with E-state index < -0.39 is 6.04 Å². The number of nitrogens with one attached hydrogen (secondary N) is 2. The Balaban J connectivity index is 1.70. The molecule has 3 N–H and O–H groups in total. The van der Waals surface area contributed by atoms with Crippen LogP contribution in [-0.4, -0.2) is 54.4 Å². The molecule has 8 nitrogen and oxygen atoms in total. The summed E-state index contributed by atoms with van der Waals surface area (Å²) < 4.78 is 17.6. The monoisotopic (exact) mass is 497 g/mol. The molecule has 2 aromatic carbocycles. The molecule has 0 bridgehead atoms. The number of carbonyl (C=O) groups excluding carboxylic acids is 1. The molecule has 0 radical (unpaired) electrons. The Labute approximate surface area is 213 Å². The van der Waals surface area contributed by atoms with Crippen LogP contribution in [0.4, 0.5) is 0 Å². The highest BCUT2D eigenvalue weighted by molar-refractivity contribution is 5.86. The first-order valence-corrected chi connectivity index (χ1v) is 13.1. The Bertz CT molecular complexity index is 1030. The molecule has 196 valence electrons. The van der Waals surface area contributed by atoms with Crippen LogP contribution in [-0.2, 0) is 9.53 Å². The maximum Gasteiger partial charge on any atom is 0.242 e. The van der Waals surface area contributed by atoms with E-state index in [-0.39, 0.29) is 35.8 Å². The van der Waals surface area contributed by atoms with Crippen molar-refractivity contribution in [3.05, 3.63) is 53.6 Å². The number of benzene rings is 2. The molecule has 4 atom stereocenters. The molecule has 2 fully saturated rings. The Kier molecular flexibility index (Phi) is 8.72. The molecule has 36 heavy (non-hydrogen) atoms. The molecule has 4 rings (SSSR count). The number of hydrogen-bond acceptors (Lipinski definition) is 7. The number of fused-ring (bicyclic) bond motifs is 1. The third-order valence-corrected chi connectivity index (χ3v) is 6.75. The smallest absolute Gasteiger partial charge is 0.242 e. The fourth-order valence-corrected chi connectivity index (χ4v) is 5.23. The van der Waals surface area contributed by atoms with Gasteiger partial charge in [0.2, 0.25) is 5.91 Å². The maximum atomic E-state index is 13.6. The Morgan fingerprint density at radius 3 is 2.50 bits per heavy atom. The van der Waals surface area contributed by atoms with Gasteiger partial charge in [-0.3, -0.25) is 4.79 Å². The number of phenolic OH excluding ortho intramolecular Hbond substituents is 1. The quantitative estimate of drug-likeness (QED) is 0.380. The van der Waals surface area contributed by atoms with Gasteiger partial charge in [0, 0.05) is 24.6 Å². The largest absolute Gasteiger partial charge is 0.508 e. The van der Waals surface area contributed by atoms with Crippen molar-refractivity contribution in [3.63, 3.8) is 0 Å². The maximum absolute atomic E-state index is 13.6. The third-order valence-electron chi connectivity index (χ3n) is 6.75. The first-order chi connectivity index (χ1) is 17.5. The fraction of sp³-hybridized carbons (Fsp3) is 0.536. The molecule has 8 heteroatoms. The summed E-state index contributed by atoms with van der Waals surface area (Å²) in [7, 11) is 0. The van der Waals surface area contributed by atoms with E-state index in [1.54, 1.807) is 12.1 Å². The number of aromatic hydroxyl groups is 1. The highest BCUT2D eigenvalue weighted by Gasteiger charge is 2.55. The summed E-state index contributed by atoms with van der Waals surface area (Å²) in [6.07, 6.45) is 1.79. The van der Waals surface area contributed by atoms with Crippen molar-refractivity contribution in [1.29, 1.82) is 0 Å². The van der Waals surface area contributed by atoms with Gasteiger partial charge in [0.25, 0.3) is 0 Å². The zero-order valence-corrected chi connectivity index (χ0v) is 21.7. The van der Waals surface area contributed by atoms with Crippen LogP contribution in [0.15, 0.2) is 42.5 Å². The number of para-hydroxylation sites is 1. The normalized spacial score (nSPS) is 23.4. The number of likely N-dealkylation sites (tertiary alicyclic amines) is 1. The van der Waals surface area contributed by atoms with Crippen LogP contribution in [0.25, 0.3) is 0 Å². The molecule has 0 saturated carbocycles. The molecule has 2 aromatic rings. The minimum atomic E-state index is -0.405. The summed E-state index contributed by atoms with van der Waals surface area (Å²) >= 11 is 0. The van der Waals surface area contributed by atoms with Crippen LogP contribution in [0, 0.1) is 5.92 Å². The van der Waals surface area contributed by atoms with Crippen molar-refractivity contribution in [3.8, 4) is 17.2 Å². The van der Waals surface area contributed by atoms with E-state index >= 15 is 0 Å². The predicted octanol–water partition coefficient (Wildman–Crippen LogP) is 4.11. The summed E-state index contributed by atoms with van der Waals surface area (Å²) in [5, 5.41) is 10.6. The van der Waals surface area contributed by atoms with Crippen molar-refractivity contribution < 1.29 is 24.1 Å². The highest BCUT2D eigenvalue weighted by Crippen LogP contribution is 2.49. The van der Waals surface area contributed by atoms with E-state index in [1.165, 1.54) is 0 Å². The van der Waals surface area contributed by atoms with Gasteiger partial charge in [-0.25, -0.2) is 10.9 Å². The molecule has 2 aliphatic rings. The van der Waals surface area contributed by atoms with Gasteiger partial charge in [-0.2, -0.15) is 0 Å². The molecule has 0 spiro atoms. The zero-order chi connectivity index (χ0) is 25.7. The van der Waals surface area contributed by atoms with Crippen molar-refractivity contribution in [2.75, 3.05) is 26.4 Å². The first kappa shape index (κ1) is 26.3. The molecule has 2 aliphatic heterocycles. The van der Waals surface area contributed by atoms with Crippen molar-refractivity contribution in [2.24, 2.45) is 5.92 Å². The average molecular weight is 498 g/mol. The minimum Gasteiger partial charge on any atom is -0.508 e. The second kappa shape index (κ2) is 12.0. The van der Waals surface area contributed by atoms with E-state index in [9.17, 15) is 9.90 Å². The average Bonchev–Trinajstić information content (AvgIpc) is 3.40. The standard InChI is InChI=1S/C28H39N3O5/c1-5-15-36-22-13-12-19(17-23(22)34-6-2)27-24-25(20-10-7-8-11-21(20)32)29-30-26(24)28(33)31(27)14-9-16-35-18(3)4/h7-8,10-13,17-18,24-27,29-30,32H,5-6,9,14-16H2,1-4H3. The number of phenols is 1. The fourth-order valence-electron chi connectivity index (χ4n) is 5.23. The number of hydrogen-bond donors (Lipinski definition) is 3. The lowest BCUT2D eigenvalue weighted by Gasteiger charge is -2.32. The van der Waals surface area contributed by atoms with Crippen molar-refractivity contribution in [2.45, 2.75) is 64.8 Å². The van der Waals surface area contributed by atoms with Crippen molar-refractivity contribution in [1.82, 2.24) is 15.8 Å². The first-order valence-electron chi connectivity index (χ1n) is 13.1. The summed E-state index contributed by atoms with van der Waals surface area (Å²) in [4.78, 5) is 15.6. The van der Waals surface area contributed by atoms with Gasteiger partial charge < -0.3 is 24.2 Å². The highest BCUT2D eigenvalue weighted by atomic mass is 16.5. The van der Waals surface area contributed by atoms with E-state index in [1.807, 2.05) is 56.0 Å². The Morgan fingerprint density at radius 2 is 1.78 bits per heavy atom. The molecule has 2 saturated heterocycles. The van der Waals surface area contributed by atoms with Crippen LogP contribution in [0.5, 0.6) is 17.2 Å². The van der Waals surface area contributed by atoms with Gasteiger partial charge in [-0.05, 0) is 57.4 Å². The molecular weight excluding hydrogens is 458 g/mol. The van der Waals surface area contributed by atoms with Gasteiger partial charge in [0.1, 0.15) is 11.8 Å². The minimum absolute atomic E-state index is 0.0456. The van der Waals surface area contributed by atoms with Gasteiger partial charge in [-0.1, -0.05) is 31.2 Å². The molecule has 4 unspecified atom stereocenters. The second-order valence-corrected chi connectivity index (χ2v) is 9.62. The Hall–Kier alpha value is -2.81. The number of ether oxygens (including phenoxy) is 3. The molecule has 2 heterocycles. The summed E-state index contributed by atoms with van der Waals surface area (Å²) in [6, 6.07) is 12.4. The summed E-state index contributed by atoms with van der Waals surface area (Å²) in [5.74, 6) is 1.52. The molecule has 0 aliphatic carbocycles. The molecule has 1 amide bonds. The lowest BCUT2D eigenvalue weighted by molar-refractivity contribution is -0.131. The molecule has 0 aromatic heterocycles. The van der Waals surface area contributed by atoms with Crippen LogP contribution in [0.1, 0.15) is 63.7 Å². The van der Waals surface area contributed by atoms with E-state index in [4.69, 9.17) is 14.2 Å². The Morgan fingerprint density at radius 1 is 1.00 bits per heavy atom. The number of rotatable bonds is 12. The van der Waals surface area contributed by atoms with Crippen LogP contribution in [0.3, 0.4) is 0 Å². The van der Waals surface area contributed by atoms with Crippen molar-refractivity contribution >= 4 is 5.91 Å². The SMILES string of the molecule is CCCOc1ccc(C2C3C(NNC3c3ccccc3O)C(=O)N2CCCOC(C)C)cc1OCC.